The molecule has 29 heavy (non-hydrogen) atoms. The Labute approximate surface area is 165 Å². The predicted octanol–water partition coefficient (Wildman–Crippen LogP) is 3.03. The number of fused-ring (bicyclic) bond motifs is 1. The summed E-state index contributed by atoms with van der Waals surface area (Å²) in [6.45, 7) is 1.60. The molecule has 1 amide bonds. The van der Waals surface area contributed by atoms with E-state index in [0.717, 1.165) is 22.7 Å². The predicted molar refractivity (Wildman–Crippen MR) is 102 cm³/mol. The molecule has 2 aliphatic heterocycles. The molecular formula is C22H15F2N3O2. The molecule has 0 aliphatic carbocycles. The molecule has 0 radical (unpaired) electrons. The maximum atomic E-state index is 13.5. The van der Waals surface area contributed by atoms with Crippen LogP contribution in [0.2, 0.25) is 0 Å². The van der Waals surface area contributed by atoms with Gasteiger partial charge in [0.05, 0.1) is 0 Å². The number of hydrogen-bond acceptors (Lipinski definition) is 4. The first-order valence-electron chi connectivity index (χ1n) is 8.88. The van der Waals surface area contributed by atoms with Crippen molar-refractivity contribution in [2.24, 2.45) is 11.0 Å². The summed E-state index contributed by atoms with van der Waals surface area (Å²) in [6, 6.07) is 15.5. The number of ketones is 1. The molecule has 1 unspecified atom stereocenters. The third-order valence-electron chi connectivity index (χ3n) is 4.76. The van der Waals surface area contributed by atoms with Crippen molar-refractivity contribution in [2.45, 2.75) is 13.3 Å². The molecule has 2 heterocycles. The first kappa shape index (κ1) is 18.6. The number of halogens is 2. The van der Waals surface area contributed by atoms with E-state index in [4.69, 9.17) is 0 Å². The summed E-state index contributed by atoms with van der Waals surface area (Å²) < 4.78 is 26.6. The number of nitrogens with zero attached hydrogens (tertiary/aromatic N) is 3. The standard InChI is InChI=1S/C22H15F2N3O2/c1-14-20(28)17(11-16-7-8-18(23)19(24)12-16)22(29)27-21(14)26(13-25-27)10-9-15-5-3-2-4-6-15/h2-8,12-13,17H,11H2,1H3. The van der Waals surface area contributed by atoms with Crippen LogP contribution in [0, 0.1) is 29.5 Å². The molecule has 4 rings (SSSR count). The molecule has 2 aromatic carbocycles. The van der Waals surface area contributed by atoms with Gasteiger partial charge in [0.1, 0.15) is 12.3 Å². The van der Waals surface area contributed by atoms with Crippen LogP contribution in [0.3, 0.4) is 0 Å². The fourth-order valence-electron chi connectivity index (χ4n) is 3.26. The molecule has 0 bridgehead atoms. The third-order valence-corrected chi connectivity index (χ3v) is 4.76. The second-order valence-electron chi connectivity index (χ2n) is 6.67. The Balaban J connectivity index is 1.62. The Morgan fingerprint density at radius 3 is 2.55 bits per heavy atom. The number of allylic oxidation sites excluding steroid dienone is 1. The number of amides is 1. The molecule has 144 valence electrons. The highest BCUT2D eigenvalue weighted by atomic mass is 19.2. The highest BCUT2D eigenvalue weighted by Crippen LogP contribution is 2.31. The molecule has 7 heteroatoms. The van der Waals surface area contributed by atoms with Gasteiger partial charge in [0, 0.05) is 17.2 Å². The monoisotopic (exact) mass is 391 g/mol. The number of carbonyl (C=O) groups is 2. The van der Waals surface area contributed by atoms with Gasteiger partial charge in [-0.2, -0.15) is 10.1 Å². The minimum Gasteiger partial charge on any atom is -0.294 e. The minimum atomic E-state index is -1.05. The zero-order valence-electron chi connectivity index (χ0n) is 15.4. The topological polar surface area (TPSA) is 53.0 Å². The largest absolute Gasteiger partial charge is 0.294 e. The lowest BCUT2D eigenvalue weighted by molar-refractivity contribution is -0.140. The van der Waals surface area contributed by atoms with Crippen LogP contribution in [0.5, 0.6) is 0 Å². The SMILES string of the molecule is CC1=C2N(C#Cc3ccccc3)C=NN2C(=O)C(Cc2ccc(F)c(F)c2)C1=O. The average Bonchev–Trinajstić information content (AvgIpc) is 3.16. The second kappa shape index (κ2) is 7.32. The second-order valence-corrected chi connectivity index (χ2v) is 6.67. The Morgan fingerprint density at radius 1 is 1.07 bits per heavy atom. The highest BCUT2D eigenvalue weighted by molar-refractivity contribution is 6.13. The zero-order chi connectivity index (χ0) is 20.5. The van der Waals surface area contributed by atoms with Gasteiger partial charge in [0.25, 0.3) is 5.91 Å². The average molecular weight is 391 g/mol. The van der Waals surface area contributed by atoms with E-state index in [0.29, 0.717) is 17.0 Å². The van der Waals surface area contributed by atoms with Gasteiger partial charge in [0.15, 0.2) is 23.2 Å². The first-order chi connectivity index (χ1) is 14.0. The Hall–Kier alpha value is -3.79. The highest BCUT2D eigenvalue weighted by Gasteiger charge is 2.43. The van der Waals surface area contributed by atoms with Crippen LogP contribution in [0.15, 0.2) is 65.0 Å². The number of rotatable bonds is 2. The molecule has 2 aromatic rings. The summed E-state index contributed by atoms with van der Waals surface area (Å²) in [4.78, 5) is 27.1. The van der Waals surface area contributed by atoms with Gasteiger partial charge < -0.3 is 0 Å². The lowest BCUT2D eigenvalue weighted by atomic mass is 9.88. The Morgan fingerprint density at radius 2 is 1.83 bits per heavy atom. The van der Waals surface area contributed by atoms with Crippen LogP contribution in [0.4, 0.5) is 8.78 Å². The van der Waals surface area contributed by atoms with Crippen molar-refractivity contribution < 1.29 is 18.4 Å². The summed E-state index contributed by atoms with van der Waals surface area (Å²) in [7, 11) is 0. The molecule has 1 atom stereocenters. The van der Waals surface area contributed by atoms with Crippen molar-refractivity contribution >= 4 is 18.0 Å². The Kier molecular flexibility index (Phi) is 4.69. The van der Waals surface area contributed by atoms with E-state index in [2.05, 4.69) is 17.1 Å². The number of Topliss-reactive ketones (excluding diaryl/α,β-unsaturated/α-hetero) is 1. The van der Waals surface area contributed by atoms with E-state index >= 15 is 0 Å². The van der Waals surface area contributed by atoms with E-state index in [1.54, 1.807) is 6.92 Å². The van der Waals surface area contributed by atoms with Crippen molar-refractivity contribution in [3.8, 4) is 12.0 Å². The van der Waals surface area contributed by atoms with Crippen LogP contribution in [-0.2, 0) is 16.0 Å². The minimum absolute atomic E-state index is 0.0405. The van der Waals surface area contributed by atoms with Crippen molar-refractivity contribution in [3.05, 3.63) is 82.7 Å². The van der Waals surface area contributed by atoms with Gasteiger partial charge in [-0.05, 0) is 49.1 Å². The fourth-order valence-corrected chi connectivity index (χ4v) is 3.26. The van der Waals surface area contributed by atoms with Crippen LogP contribution < -0.4 is 0 Å². The lowest BCUT2D eigenvalue weighted by Crippen LogP contribution is -2.43. The van der Waals surface area contributed by atoms with Gasteiger partial charge in [-0.3, -0.25) is 9.59 Å². The van der Waals surface area contributed by atoms with E-state index in [1.165, 1.54) is 17.3 Å². The van der Waals surface area contributed by atoms with Crippen molar-refractivity contribution in [3.63, 3.8) is 0 Å². The van der Waals surface area contributed by atoms with Crippen LogP contribution in [0.1, 0.15) is 18.1 Å². The molecule has 5 nitrogen and oxygen atoms in total. The number of hydrogen-bond donors (Lipinski definition) is 0. The number of carbonyl (C=O) groups excluding carboxylic acids is 2. The molecule has 0 N–H and O–H groups in total. The summed E-state index contributed by atoms with van der Waals surface area (Å²) >= 11 is 0. The fraction of sp³-hybridized carbons (Fsp3) is 0.136. The van der Waals surface area contributed by atoms with Crippen molar-refractivity contribution in [1.82, 2.24) is 9.91 Å². The molecule has 0 saturated heterocycles. The molecular weight excluding hydrogens is 376 g/mol. The van der Waals surface area contributed by atoms with E-state index in [1.807, 2.05) is 30.3 Å². The maximum Gasteiger partial charge on any atom is 0.260 e. The summed E-state index contributed by atoms with van der Waals surface area (Å²) in [6.07, 6.45) is 1.33. The molecule has 2 aliphatic rings. The molecule has 0 fully saturated rings. The van der Waals surface area contributed by atoms with Crippen molar-refractivity contribution in [2.75, 3.05) is 0 Å². The maximum absolute atomic E-state index is 13.5. The van der Waals surface area contributed by atoms with Gasteiger partial charge in [-0.25, -0.2) is 13.7 Å². The van der Waals surface area contributed by atoms with Crippen LogP contribution >= 0.6 is 0 Å². The molecule has 0 spiro atoms. The van der Waals surface area contributed by atoms with Crippen LogP contribution in [0.25, 0.3) is 0 Å². The normalized spacial score (nSPS) is 18.1. The number of hydrazone groups is 1. The van der Waals surface area contributed by atoms with Crippen molar-refractivity contribution in [1.29, 1.82) is 0 Å². The first-order valence-corrected chi connectivity index (χ1v) is 8.88. The third kappa shape index (κ3) is 3.41. The van der Waals surface area contributed by atoms with Gasteiger partial charge in [0.2, 0.25) is 0 Å². The summed E-state index contributed by atoms with van der Waals surface area (Å²) in [5.41, 5.74) is 1.47. The molecule has 0 saturated carbocycles. The Bertz CT molecular complexity index is 1130. The van der Waals surface area contributed by atoms with E-state index in [-0.39, 0.29) is 12.2 Å². The lowest BCUT2D eigenvalue weighted by Gasteiger charge is -2.29. The summed E-state index contributed by atoms with van der Waals surface area (Å²) in [5.74, 6) is -0.716. The smallest absolute Gasteiger partial charge is 0.260 e. The zero-order valence-corrected chi connectivity index (χ0v) is 15.4. The van der Waals surface area contributed by atoms with Gasteiger partial charge in [-0.15, -0.1) is 0 Å². The van der Waals surface area contributed by atoms with Gasteiger partial charge in [-0.1, -0.05) is 24.3 Å². The number of benzene rings is 2. The van der Waals surface area contributed by atoms with Gasteiger partial charge >= 0.3 is 0 Å². The van der Waals surface area contributed by atoms with E-state index in [9.17, 15) is 18.4 Å². The summed E-state index contributed by atoms with van der Waals surface area (Å²) in [5, 5.41) is 5.22. The molecule has 0 aromatic heterocycles. The van der Waals surface area contributed by atoms with Crippen LogP contribution in [-0.4, -0.2) is 27.9 Å². The quantitative estimate of drug-likeness (QED) is 0.584. The van der Waals surface area contributed by atoms with E-state index < -0.39 is 23.5 Å².